The van der Waals surface area contributed by atoms with Gasteiger partial charge in [0, 0.05) is 22.5 Å². The van der Waals surface area contributed by atoms with E-state index in [1.165, 1.54) is 6.07 Å². The monoisotopic (exact) mass is 345 g/mol. The average molecular weight is 345 g/mol. The number of fused-ring (bicyclic) bond motifs is 2. The van der Waals surface area contributed by atoms with Crippen LogP contribution in [-0.2, 0) is 0 Å². The molecule has 0 spiro atoms. The Kier molecular flexibility index (Phi) is 3.89. The number of para-hydroxylation sites is 1. The Morgan fingerprint density at radius 2 is 1.62 bits per heavy atom. The lowest BCUT2D eigenvalue weighted by atomic mass is 10.1. The summed E-state index contributed by atoms with van der Waals surface area (Å²) in [6, 6.07) is 19.2. The molecular weight excluding hydrogens is 330 g/mol. The molecule has 1 heterocycles. The molecule has 1 amide bonds. The number of amides is 1. The molecule has 0 aliphatic heterocycles. The van der Waals surface area contributed by atoms with Crippen LogP contribution >= 0.6 is 0 Å². The van der Waals surface area contributed by atoms with Gasteiger partial charge in [-0.3, -0.25) is 9.59 Å². The maximum absolute atomic E-state index is 12.6. The molecule has 5 nitrogen and oxygen atoms in total. The SMILES string of the molecule is COc1ccc(NC(=O)c2cc(=O)c3ccccc3o2)c2ccccc12. The van der Waals surface area contributed by atoms with Crippen LogP contribution in [-0.4, -0.2) is 13.0 Å². The van der Waals surface area contributed by atoms with Gasteiger partial charge in [0.1, 0.15) is 11.3 Å². The lowest BCUT2D eigenvalue weighted by Crippen LogP contribution is -2.15. The van der Waals surface area contributed by atoms with Crippen molar-refractivity contribution in [3.05, 3.63) is 82.7 Å². The molecule has 3 aromatic carbocycles. The Morgan fingerprint density at radius 3 is 2.38 bits per heavy atom. The minimum atomic E-state index is -0.483. The van der Waals surface area contributed by atoms with Crippen molar-refractivity contribution in [1.29, 1.82) is 0 Å². The summed E-state index contributed by atoms with van der Waals surface area (Å²) in [7, 11) is 1.60. The predicted octanol–water partition coefficient (Wildman–Crippen LogP) is 4.21. The molecule has 128 valence electrons. The molecule has 0 radical (unpaired) electrons. The van der Waals surface area contributed by atoms with Crippen LogP contribution in [0.3, 0.4) is 0 Å². The second kappa shape index (κ2) is 6.37. The molecule has 0 saturated carbocycles. The first-order valence-electron chi connectivity index (χ1n) is 8.07. The summed E-state index contributed by atoms with van der Waals surface area (Å²) in [6.45, 7) is 0. The highest BCUT2D eigenvalue weighted by molar-refractivity contribution is 6.09. The number of carbonyl (C=O) groups excluding carboxylic acids is 1. The van der Waals surface area contributed by atoms with E-state index in [0.717, 1.165) is 16.5 Å². The lowest BCUT2D eigenvalue weighted by Gasteiger charge is -2.11. The summed E-state index contributed by atoms with van der Waals surface area (Å²) in [5, 5.41) is 4.98. The molecular formula is C21H15NO4. The van der Waals surface area contributed by atoms with Crippen LogP contribution in [0.15, 0.2) is 75.9 Å². The summed E-state index contributed by atoms with van der Waals surface area (Å²) in [4.78, 5) is 24.8. The maximum atomic E-state index is 12.6. The first-order valence-corrected chi connectivity index (χ1v) is 8.07. The van der Waals surface area contributed by atoms with E-state index in [-0.39, 0.29) is 11.2 Å². The first-order chi connectivity index (χ1) is 12.7. The van der Waals surface area contributed by atoms with Crippen LogP contribution < -0.4 is 15.5 Å². The molecule has 1 N–H and O–H groups in total. The number of methoxy groups -OCH3 is 1. The van der Waals surface area contributed by atoms with Crippen LogP contribution in [0.5, 0.6) is 5.75 Å². The molecule has 0 fully saturated rings. The number of benzene rings is 3. The summed E-state index contributed by atoms with van der Waals surface area (Å²) in [5.41, 5.74) is 0.739. The number of anilines is 1. The number of ether oxygens (including phenoxy) is 1. The minimum absolute atomic E-state index is 0.0337. The fraction of sp³-hybridized carbons (Fsp3) is 0.0476. The molecule has 0 saturated heterocycles. The Labute approximate surface area is 148 Å². The zero-order valence-electron chi connectivity index (χ0n) is 14.0. The van der Waals surface area contributed by atoms with Gasteiger partial charge in [0.05, 0.1) is 12.5 Å². The minimum Gasteiger partial charge on any atom is -0.496 e. The highest BCUT2D eigenvalue weighted by Gasteiger charge is 2.14. The van der Waals surface area contributed by atoms with Crippen LogP contribution in [0, 0.1) is 0 Å². The van der Waals surface area contributed by atoms with E-state index >= 15 is 0 Å². The van der Waals surface area contributed by atoms with E-state index in [9.17, 15) is 9.59 Å². The van der Waals surface area contributed by atoms with Gasteiger partial charge in [0.2, 0.25) is 0 Å². The van der Waals surface area contributed by atoms with Gasteiger partial charge in [-0.05, 0) is 24.3 Å². The summed E-state index contributed by atoms with van der Waals surface area (Å²) < 4.78 is 11.0. The number of rotatable bonds is 3. The summed E-state index contributed by atoms with van der Waals surface area (Å²) in [5.74, 6) is 0.201. The topological polar surface area (TPSA) is 68.5 Å². The lowest BCUT2D eigenvalue weighted by molar-refractivity contribution is 0.0997. The zero-order valence-corrected chi connectivity index (χ0v) is 14.0. The fourth-order valence-corrected chi connectivity index (χ4v) is 2.96. The third kappa shape index (κ3) is 2.69. The highest BCUT2D eigenvalue weighted by atomic mass is 16.5. The van der Waals surface area contributed by atoms with Gasteiger partial charge in [-0.1, -0.05) is 36.4 Å². The van der Waals surface area contributed by atoms with Crippen molar-refractivity contribution in [3.63, 3.8) is 0 Å². The number of nitrogens with one attached hydrogen (secondary N) is 1. The van der Waals surface area contributed by atoms with Crippen molar-refractivity contribution < 1.29 is 13.9 Å². The van der Waals surface area contributed by atoms with Crippen LogP contribution in [0.4, 0.5) is 5.69 Å². The van der Waals surface area contributed by atoms with E-state index in [4.69, 9.17) is 9.15 Å². The van der Waals surface area contributed by atoms with Gasteiger partial charge in [0.15, 0.2) is 11.2 Å². The Balaban J connectivity index is 1.75. The highest BCUT2D eigenvalue weighted by Crippen LogP contribution is 2.31. The normalized spacial score (nSPS) is 10.8. The van der Waals surface area contributed by atoms with Crippen molar-refractivity contribution in [3.8, 4) is 5.75 Å². The largest absolute Gasteiger partial charge is 0.496 e. The molecule has 0 unspecified atom stereocenters. The Morgan fingerprint density at radius 1 is 0.923 bits per heavy atom. The van der Waals surface area contributed by atoms with Crippen LogP contribution in [0.1, 0.15) is 10.6 Å². The Hall–Kier alpha value is -3.60. The van der Waals surface area contributed by atoms with E-state index < -0.39 is 5.91 Å². The van der Waals surface area contributed by atoms with E-state index in [1.54, 1.807) is 43.5 Å². The van der Waals surface area contributed by atoms with Gasteiger partial charge in [-0.2, -0.15) is 0 Å². The van der Waals surface area contributed by atoms with Crippen LogP contribution in [0.25, 0.3) is 21.7 Å². The third-order valence-electron chi connectivity index (χ3n) is 4.21. The standard InChI is InChI=1S/C21H15NO4/c1-25-18-11-10-16(13-6-2-3-7-14(13)18)22-21(24)20-12-17(23)15-8-4-5-9-19(15)26-20/h2-12H,1H3,(H,22,24). The van der Waals surface area contributed by atoms with Crippen molar-refractivity contribution in [2.45, 2.75) is 0 Å². The van der Waals surface area contributed by atoms with Gasteiger partial charge in [0.25, 0.3) is 5.91 Å². The summed E-state index contributed by atoms with van der Waals surface area (Å²) in [6.07, 6.45) is 0. The third-order valence-corrected chi connectivity index (χ3v) is 4.21. The number of carbonyl (C=O) groups is 1. The fourth-order valence-electron chi connectivity index (χ4n) is 2.96. The molecule has 0 atom stereocenters. The van der Waals surface area contributed by atoms with E-state index in [1.807, 2.05) is 24.3 Å². The smallest absolute Gasteiger partial charge is 0.291 e. The molecule has 5 heteroatoms. The average Bonchev–Trinajstić information content (AvgIpc) is 2.68. The summed E-state index contributed by atoms with van der Waals surface area (Å²) >= 11 is 0. The van der Waals surface area contributed by atoms with E-state index in [2.05, 4.69) is 5.32 Å². The predicted molar refractivity (Wildman–Crippen MR) is 101 cm³/mol. The molecule has 0 aliphatic carbocycles. The number of hydrogen-bond donors (Lipinski definition) is 1. The van der Waals surface area contributed by atoms with Gasteiger partial charge in [-0.15, -0.1) is 0 Å². The zero-order chi connectivity index (χ0) is 18.1. The second-order valence-corrected chi connectivity index (χ2v) is 5.79. The van der Waals surface area contributed by atoms with Crippen molar-refractivity contribution in [2.75, 3.05) is 12.4 Å². The molecule has 4 aromatic rings. The van der Waals surface area contributed by atoms with E-state index in [0.29, 0.717) is 16.7 Å². The van der Waals surface area contributed by atoms with Crippen LogP contribution in [0.2, 0.25) is 0 Å². The van der Waals surface area contributed by atoms with Crippen molar-refractivity contribution in [2.24, 2.45) is 0 Å². The molecule has 26 heavy (non-hydrogen) atoms. The molecule has 1 aromatic heterocycles. The van der Waals surface area contributed by atoms with Gasteiger partial charge >= 0.3 is 0 Å². The quantitative estimate of drug-likeness (QED) is 0.604. The molecule has 0 bridgehead atoms. The van der Waals surface area contributed by atoms with Crippen molar-refractivity contribution >= 4 is 33.3 Å². The van der Waals surface area contributed by atoms with Gasteiger partial charge in [-0.25, -0.2) is 0 Å². The molecule has 0 aliphatic rings. The van der Waals surface area contributed by atoms with Gasteiger partial charge < -0.3 is 14.5 Å². The van der Waals surface area contributed by atoms with Crippen molar-refractivity contribution in [1.82, 2.24) is 0 Å². The molecule has 4 rings (SSSR count). The maximum Gasteiger partial charge on any atom is 0.291 e. The second-order valence-electron chi connectivity index (χ2n) is 5.79. The Bertz CT molecular complexity index is 1190. The number of hydrogen-bond acceptors (Lipinski definition) is 4. The first kappa shape index (κ1) is 15.9.